The number of hydrogen-bond acceptors (Lipinski definition) is 4. The summed E-state index contributed by atoms with van der Waals surface area (Å²) in [7, 11) is 0. The quantitative estimate of drug-likeness (QED) is 0.795. The van der Waals surface area contributed by atoms with Gasteiger partial charge in [0, 0.05) is 13.1 Å². The molecule has 1 aromatic carbocycles. The number of rotatable bonds is 3. The molecule has 2 fully saturated rings. The first-order valence-electron chi connectivity index (χ1n) is 10.5. The second-order valence-corrected chi connectivity index (χ2v) is 8.24. The Hall–Kier alpha value is -2.27. The average molecular weight is 381 g/mol. The normalized spacial score (nSPS) is 21.6. The molecule has 0 atom stereocenters. The Morgan fingerprint density at radius 1 is 1.14 bits per heavy atom. The van der Waals surface area contributed by atoms with Gasteiger partial charge in [-0.15, -0.1) is 0 Å². The number of benzene rings is 1. The Bertz CT molecular complexity index is 830. The van der Waals surface area contributed by atoms with Crippen molar-refractivity contribution in [3.8, 4) is 5.75 Å². The van der Waals surface area contributed by atoms with Gasteiger partial charge in [-0.1, -0.05) is 6.07 Å². The highest BCUT2D eigenvalue weighted by molar-refractivity contribution is 5.93. The van der Waals surface area contributed by atoms with E-state index >= 15 is 0 Å². The molecule has 28 heavy (non-hydrogen) atoms. The van der Waals surface area contributed by atoms with Gasteiger partial charge >= 0.3 is 0 Å². The van der Waals surface area contributed by atoms with Crippen molar-refractivity contribution in [3.05, 3.63) is 53.5 Å². The smallest absolute Gasteiger partial charge is 0.257 e. The van der Waals surface area contributed by atoms with Gasteiger partial charge in [-0.25, -0.2) is 0 Å². The molecule has 148 valence electrons. The number of carbonyl (C=O) groups excluding carboxylic acids is 1. The van der Waals surface area contributed by atoms with Crippen molar-refractivity contribution in [2.24, 2.45) is 0 Å². The summed E-state index contributed by atoms with van der Waals surface area (Å²) in [6.07, 6.45) is 10.9. The number of fused-ring (bicyclic) bond motifs is 2. The van der Waals surface area contributed by atoms with Crippen LogP contribution in [-0.2, 0) is 16.8 Å². The number of likely N-dealkylation sites (tertiary alicyclic amines) is 1. The zero-order valence-electron chi connectivity index (χ0n) is 16.2. The standard InChI is InChI=1S/C23H27NO4/c25-22(18-7-13-26-16-18)24-11-9-23(10-12-24)21-6-5-20(15-17(21)8-14-27-23)28-19-3-1-2-4-19/h5-7,13,15-16,19H,1-4,8-12,14H2. The molecule has 0 radical (unpaired) electrons. The Labute approximate surface area is 165 Å². The Kier molecular flexibility index (Phi) is 4.63. The maximum Gasteiger partial charge on any atom is 0.257 e. The third-order valence-electron chi connectivity index (χ3n) is 6.55. The first-order chi connectivity index (χ1) is 13.7. The minimum Gasteiger partial charge on any atom is -0.490 e. The number of ether oxygens (including phenoxy) is 2. The van der Waals surface area contributed by atoms with Gasteiger partial charge in [0.15, 0.2) is 0 Å². The van der Waals surface area contributed by atoms with E-state index in [9.17, 15) is 4.79 Å². The molecular weight excluding hydrogens is 354 g/mol. The van der Waals surface area contributed by atoms with E-state index in [0.29, 0.717) is 24.8 Å². The van der Waals surface area contributed by atoms with Crippen LogP contribution in [0, 0.1) is 0 Å². The lowest BCUT2D eigenvalue weighted by atomic mass is 9.79. The summed E-state index contributed by atoms with van der Waals surface area (Å²) in [6, 6.07) is 8.26. The third-order valence-corrected chi connectivity index (χ3v) is 6.55. The van der Waals surface area contributed by atoms with Crippen LogP contribution < -0.4 is 4.74 Å². The van der Waals surface area contributed by atoms with Crippen molar-refractivity contribution in [2.75, 3.05) is 19.7 Å². The SMILES string of the molecule is O=C(c1ccoc1)N1CCC2(CC1)OCCc1cc(OC3CCCC3)ccc12. The van der Waals surface area contributed by atoms with E-state index in [2.05, 4.69) is 18.2 Å². The molecule has 2 aliphatic heterocycles. The van der Waals surface area contributed by atoms with Gasteiger partial charge in [0.2, 0.25) is 0 Å². The first-order valence-corrected chi connectivity index (χ1v) is 10.5. The van der Waals surface area contributed by atoms with Crippen LogP contribution in [0.2, 0.25) is 0 Å². The summed E-state index contributed by atoms with van der Waals surface area (Å²) in [5.41, 5.74) is 2.98. The highest BCUT2D eigenvalue weighted by atomic mass is 16.5. The largest absolute Gasteiger partial charge is 0.490 e. The summed E-state index contributed by atoms with van der Waals surface area (Å²) >= 11 is 0. The molecule has 3 heterocycles. The fraction of sp³-hybridized carbons (Fsp3) is 0.522. The lowest BCUT2D eigenvalue weighted by Gasteiger charge is -2.45. The number of nitrogens with zero attached hydrogens (tertiary/aromatic N) is 1. The Morgan fingerprint density at radius 3 is 2.71 bits per heavy atom. The van der Waals surface area contributed by atoms with Gasteiger partial charge in [-0.3, -0.25) is 4.79 Å². The molecular formula is C23H27NO4. The molecule has 1 saturated heterocycles. The zero-order valence-corrected chi connectivity index (χ0v) is 16.2. The number of hydrogen-bond donors (Lipinski definition) is 0. The van der Waals surface area contributed by atoms with Crippen molar-refractivity contribution in [3.63, 3.8) is 0 Å². The van der Waals surface area contributed by atoms with Crippen molar-refractivity contribution in [1.82, 2.24) is 4.90 Å². The predicted octanol–water partition coefficient (Wildman–Crippen LogP) is 4.31. The summed E-state index contributed by atoms with van der Waals surface area (Å²) in [6.45, 7) is 2.13. The monoisotopic (exact) mass is 381 g/mol. The number of piperidine rings is 1. The van der Waals surface area contributed by atoms with Gasteiger partial charge < -0.3 is 18.8 Å². The molecule has 1 saturated carbocycles. The van der Waals surface area contributed by atoms with Crippen LogP contribution in [0.25, 0.3) is 0 Å². The highest BCUT2D eigenvalue weighted by Gasteiger charge is 2.42. The number of furan rings is 1. The van der Waals surface area contributed by atoms with Crippen molar-refractivity contribution in [1.29, 1.82) is 0 Å². The summed E-state index contributed by atoms with van der Waals surface area (Å²) in [5.74, 6) is 1.04. The predicted molar refractivity (Wildman–Crippen MR) is 105 cm³/mol. The fourth-order valence-electron chi connectivity index (χ4n) is 4.98. The fourth-order valence-corrected chi connectivity index (χ4v) is 4.98. The summed E-state index contributed by atoms with van der Waals surface area (Å²) in [4.78, 5) is 14.5. The number of carbonyl (C=O) groups is 1. The van der Waals surface area contributed by atoms with Gasteiger partial charge in [-0.05, 0) is 74.3 Å². The molecule has 5 heteroatoms. The first kappa shape index (κ1) is 17.8. The molecule has 5 rings (SSSR count). The molecule has 5 nitrogen and oxygen atoms in total. The summed E-state index contributed by atoms with van der Waals surface area (Å²) < 4.78 is 17.6. The molecule has 1 aromatic heterocycles. The van der Waals surface area contributed by atoms with E-state index in [0.717, 1.165) is 31.6 Å². The maximum absolute atomic E-state index is 12.6. The topological polar surface area (TPSA) is 51.9 Å². The zero-order chi connectivity index (χ0) is 19.0. The van der Waals surface area contributed by atoms with E-state index in [1.54, 1.807) is 12.3 Å². The minimum atomic E-state index is -0.271. The average Bonchev–Trinajstić information content (AvgIpc) is 3.43. The van der Waals surface area contributed by atoms with Crippen LogP contribution in [0.5, 0.6) is 5.75 Å². The van der Waals surface area contributed by atoms with E-state index in [1.807, 2.05) is 4.90 Å². The van der Waals surface area contributed by atoms with E-state index in [4.69, 9.17) is 13.9 Å². The van der Waals surface area contributed by atoms with Gasteiger partial charge in [0.25, 0.3) is 5.91 Å². The third kappa shape index (κ3) is 3.22. The van der Waals surface area contributed by atoms with Crippen LogP contribution in [0.3, 0.4) is 0 Å². The lowest BCUT2D eigenvalue weighted by Crippen LogP contribution is -2.48. The van der Waals surface area contributed by atoms with E-state index in [-0.39, 0.29) is 11.5 Å². The molecule has 1 spiro atoms. The van der Waals surface area contributed by atoms with Crippen LogP contribution in [0.1, 0.15) is 60.0 Å². The van der Waals surface area contributed by atoms with Crippen LogP contribution >= 0.6 is 0 Å². The van der Waals surface area contributed by atoms with Crippen molar-refractivity contribution < 1.29 is 18.7 Å². The van der Waals surface area contributed by atoms with Gasteiger partial charge in [0.05, 0.1) is 30.1 Å². The molecule has 2 aromatic rings. The van der Waals surface area contributed by atoms with Crippen molar-refractivity contribution >= 4 is 5.91 Å². The van der Waals surface area contributed by atoms with Crippen molar-refractivity contribution in [2.45, 2.75) is 56.7 Å². The molecule has 0 bridgehead atoms. The van der Waals surface area contributed by atoms with Crippen LogP contribution in [0.15, 0.2) is 41.2 Å². The van der Waals surface area contributed by atoms with E-state index < -0.39 is 0 Å². The summed E-state index contributed by atoms with van der Waals surface area (Å²) in [5, 5.41) is 0. The van der Waals surface area contributed by atoms with Gasteiger partial charge in [-0.2, -0.15) is 0 Å². The molecule has 0 unspecified atom stereocenters. The molecule has 3 aliphatic rings. The second-order valence-electron chi connectivity index (χ2n) is 8.24. The molecule has 0 N–H and O–H groups in total. The van der Waals surface area contributed by atoms with Gasteiger partial charge in [0.1, 0.15) is 12.0 Å². The van der Waals surface area contributed by atoms with E-state index in [1.165, 1.54) is 43.1 Å². The number of amides is 1. The second kappa shape index (κ2) is 7.28. The molecule has 1 aliphatic carbocycles. The molecule has 1 amide bonds. The lowest BCUT2D eigenvalue weighted by molar-refractivity contribution is -0.0935. The Balaban J connectivity index is 1.31. The highest BCUT2D eigenvalue weighted by Crippen LogP contribution is 2.43. The minimum absolute atomic E-state index is 0.0416. The Morgan fingerprint density at radius 2 is 1.96 bits per heavy atom. The maximum atomic E-state index is 12.6. The van der Waals surface area contributed by atoms with Crippen LogP contribution in [-0.4, -0.2) is 36.6 Å². The van der Waals surface area contributed by atoms with Crippen LogP contribution in [0.4, 0.5) is 0 Å².